The summed E-state index contributed by atoms with van der Waals surface area (Å²) in [7, 11) is 0. The molecule has 112 valence electrons. The summed E-state index contributed by atoms with van der Waals surface area (Å²) in [6.07, 6.45) is 6.53. The highest BCUT2D eigenvalue weighted by molar-refractivity contribution is 5.29. The molecule has 1 aromatic carbocycles. The molecule has 2 atom stereocenters. The van der Waals surface area contributed by atoms with Crippen molar-refractivity contribution >= 4 is 0 Å². The molecule has 1 N–H and O–H groups in total. The first-order chi connectivity index (χ1) is 9.65. The topological polar surface area (TPSA) is 12.0 Å². The molecule has 1 aromatic rings. The second-order valence-electron chi connectivity index (χ2n) is 5.90. The summed E-state index contributed by atoms with van der Waals surface area (Å²) in [5.41, 5.74) is 0.946. The first-order valence-corrected chi connectivity index (χ1v) is 7.83. The predicted octanol–water partition coefficient (Wildman–Crippen LogP) is 4.69. The molecule has 0 aromatic heterocycles. The molecule has 1 aliphatic carbocycles. The Labute approximate surface area is 120 Å². The summed E-state index contributed by atoms with van der Waals surface area (Å²) in [5, 5.41) is 3.53. The Hall–Kier alpha value is -0.960. The van der Waals surface area contributed by atoms with Crippen LogP contribution in [0, 0.1) is 18.6 Å². The van der Waals surface area contributed by atoms with E-state index < -0.39 is 11.6 Å². The molecule has 3 heteroatoms. The number of hydrogen-bond donors (Lipinski definition) is 1. The fourth-order valence-electron chi connectivity index (χ4n) is 3.20. The standard InChI is InChI=1S/C17H25F2N/c1-3-11-20-15-8-6-4-5-7-13(15)14-10-9-12(2)16(18)17(14)19/h9-10,13,15,20H,3-8,11H2,1-2H3. The van der Waals surface area contributed by atoms with Crippen molar-refractivity contribution in [3.63, 3.8) is 0 Å². The summed E-state index contributed by atoms with van der Waals surface area (Å²) in [6.45, 7) is 4.68. The van der Waals surface area contributed by atoms with Gasteiger partial charge in [0, 0.05) is 12.0 Å². The average molecular weight is 281 g/mol. The lowest BCUT2D eigenvalue weighted by molar-refractivity contribution is 0.392. The van der Waals surface area contributed by atoms with Crippen molar-refractivity contribution in [1.82, 2.24) is 5.32 Å². The van der Waals surface area contributed by atoms with Crippen molar-refractivity contribution in [2.45, 2.75) is 64.3 Å². The molecular weight excluding hydrogens is 256 g/mol. The van der Waals surface area contributed by atoms with E-state index in [1.807, 2.05) is 0 Å². The van der Waals surface area contributed by atoms with E-state index in [-0.39, 0.29) is 12.0 Å². The van der Waals surface area contributed by atoms with Crippen LogP contribution in [0.15, 0.2) is 12.1 Å². The first kappa shape index (κ1) is 15.4. The third-order valence-electron chi connectivity index (χ3n) is 4.38. The molecule has 2 rings (SSSR count). The third-order valence-corrected chi connectivity index (χ3v) is 4.38. The lowest BCUT2D eigenvalue weighted by atomic mass is 9.86. The minimum Gasteiger partial charge on any atom is -0.313 e. The molecule has 0 saturated heterocycles. The zero-order valence-electron chi connectivity index (χ0n) is 12.5. The molecule has 0 spiro atoms. The number of benzene rings is 1. The Bertz CT molecular complexity index is 445. The highest BCUT2D eigenvalue weighted by Gasteiger charge is 2.28. The molecule has 2 unspecified atom stereocenters. The minimum absolute atomic E-state index is 0.0964. The van der Waals surface area contributed by atoms with E-state index in [0.29, 0.717) is 11.1 Å². The molecule has 0 aliphatic heterocycles. The van der Waals surface area contributed by atoms with E-state index in [4.69, 9.17) is 0 Å². The fraction of sp³-hybridized carbons (Fsp3) is 0.647. The van der Waals surface area contributed by atoms with Gasteiger partial charge in [0.25, 0.3) is 0 Å². The third kappa shape index (κ3) is 3.38. The zero-order valence-corrected chi connectivity index (χ0v) is 12.5. The second-order valence-corrected chi connectivity index (χ2v) is 5.90. The first-order valence-electron chi connectivity index (χ1n) is 7.83. The van der Waals surface area contributed by atoms with E-state index in [1.54, 1.807) is 19.1 Å². The van der Waals surface area contributed by atoms with Crippen LogP contribution in [0.5, 0.6) is 0 Å². The summed E-state index contributed by atoms with van der Waals surface area (Å²) in [5.74, 6) is -1.22. The molecule has 1 nitrogen and oxygen atoms in total. The maximum Gasteiger partial charge on any atom is 0.162 e. The Balaban J connectivity index is 2.28. The second kappa shape index (κ2) is 7.16. The largest absolute Gasteiger partial charge is 0.313 e. The lowest BCUT2D eigenvalue weighted by Gasteiger charge is -2.27. The molecule has 20 heavy (non-hydrogen) atoms. The van der Waals surface area contributed by atoms with Crippen molar-refractivity contribution in [3.8, 4) is 0 Å². The quantitative estimate of drug-likeness (QED) is 0.790. The number of hydrogen-bond acceptors (Lipinski definition) is 1. The lowest BCUT2D eigenvalue weighted by Crippen LogP contribution is -2.35. The van der Waals surface area contributed by atoms with Crippen LogP contribution in [0.4, 0.5) is 8.78 Å². The summed E-state index contributed by atoms with van der Waals surface area (Å²) >= 11 is 0. The van der Waals surface area contributed by atoms with Crippen molar-refractivity contribution in [1.29, 1.82) is 0 Å². The smallest absolute Gasteiger partial charge is 0.162 e. The van der Waals surface area contributed by atoms with Crippen LogP contribution in [0.25, 0.3) is 0 Å². The van der Waals surface area contributed by atoms with Crippen LogP contribution in [0.3, 0.4) is 0 Å². The molecule has 0 radical (unpaired) electrons. The van der Waals surface area contributed by atoms with Crippen molar-refractivity contribution in [2.24, 2.45) is 0 Å². The van der Waals surface area contributed by atoms with Crippen LogP contribution >= 0.6 is 0 Å². The van der Waals surface area contributed by atoms with Crippen LogP contribution in [0.1, 0.15) is 62.5 Å². The molecule has 1 saturated carbocycles. The average Bonchev–Trinajstić information content (AvgIpc) is 2.68. The molecule has 1 aliphatic rings. The minimum atomic E-state index is -0.680. The monoisotopic (exact) mass is 281 g/mol. The highest BCUT2D eigenvalue weighted by atomic mass is 19.2. The van der Waals surface area contributed by atoms with E-state index in [1.165, 1.54) is 12.8 Å². The summed E-state index contributed by atoms with van der Waals surface area (Å²) in [4.78, 5) is 0. The normalized spacial score (nSPS) is 23.6. The van der Waals surface area contributed by atoms with Gasteiger partial charge in [-0.15, -0.1) is 0 Å². The number of aryl methyl sites for hydroxylation is 1. The van der Waals surface area contributed by atoms with Crippen molar-refractivity contribution < 1.29 is 8.78 Å². The molecular formula is C17H25F2N. The van der Waals surface area contributed by atoms with Crippen LogP contribution in [0.2, 0.25) is 0 Å². The predicted molar refractivity (Wildman–Crippen MR) is 79.0 cm³/mol. The van der Waals surface area contributed by atoms with Crippen molar-refractivity contribution in [2.75, 3.05) is 6.54 Å². The van der Waals surface area contributed by atoms with Gasteiger partial charge in [-0.25, -0.2) is 8.78 Å². The van der Waals surface area contributed by atoms with Gasteiger partial charge in [-0.05, 0) is 43.9 Å². The summed E-state index contributed by atoms with van der Waals surface area (Å²) in [6, 6.07) is 3.76. The van der Waals surface area contributed by atoms with Gasteiger partial charge in [0.2, 0.25) is 0 Å². The maximum atomic E-state index is 14.3. The van der Waals surface area contributed by atoms with Crippen LogP contribution in [-0.4, -0.2) is 12.6 Å². The Morgan fingerprint density at radius 3 is 2.60 bits per heavy atom. The van der Waals surface area contributed by atoms with Gasteiger partial charge in [-0.3, -0.25) is 0 Å². The molecule has 0 heterocycles. The van der Waals surface area contributed by atoms with E-state index in [9.17, 15) is 8.78 Å². The van der Waals surface area contributed by atoms with E-state index in [2.05, 4.69) is 12.2 Å². The fourth-order valence-corrected chi connectivity index (χ4v) is 3.20. The molecule has 1 fully saturated rings. The van der Waals surface area contributed by atoms with Crippen LogP contribution in [-0.2, 0) is 0 Å². The molecule has 0 bridgehead atoms. The Morgan fingerprint density at radius 1 is 1.10 bits per heavy atom. The van der Waals surface area contributed by atoms with Gasteiger partial charge in [0.15, 0.2) is 11.6 Å². The van der Waals surface area contributed by atoms with Gasteiger partial charge >= 0.3 is 0 Å². The SMILES string of the molecule is CCCNC1CCCCCC1c1ccc(C)c(F)c1F. The number of nitrogens with one attached hydrogen (secondary N) is 1. The van der Waals surface area contributed by atoms with E-state index in [0.717, 1.165) is 32.2 Å². The Kier molecular flexibility index (Phi) is 5.53. The Morgan fingerprint density at radius 2 is 1.85 bits per heavy atom. The van der Waals surface area contributed by atoms with Gasteiger partial charge in [-0.2, -0.15) is 0 Å². The number of halogens is 2. The highest BCUT2D eigenvalue weighted by Crippen LogP contribution is 2.34. The number of rotatable bonds is 4. The zero-order chi connectivity index (χ0) is 14.5. The van der Waals surface area contributed by atoms with E-state index >= 15 is 0 Å². The summed E-state index contributed by atoms with van der Waals surface area (Å²) < 4.78 is 28.1. The maximum absolute atomic E-state index is 14.3. The van der Waals surface area contributed by atoms with Crippen molar-refractivity contribution in [3.05, 3.63) is 34.9 Å². The molecule has 0 amide bonds. The van der Waals surface area contributed by atoms with Gasteiger partial charge in [0.05, 0.1) is 0 Å². The van der Waals surface area contributed by atoms with Gasteiger partial charge in [0.1, 0.15) is 0 Å². The van der Waals surface area contributed by atoms with Crippen LogP contribution < -0.4 is 5.32 Å². The van der Waals surface area contributed by atoms with Gasteiger partial charge < -0.3 is 5.32 Å². The van der Waals surface area contributed by atoms with Gasteiger partial charge in [-0.1, -0.05) is 38.3 Å².